The fourth-order valence-electron chi connectivity index (χ4n) is 1.87. The number of rotatable bonds is 4. The number of carbonyl (C=O) groups is 1. The van der Waals surface area contributed by atoms with Crippen molar-refractivity contribution in [3.63, 3.8) is 0 Å². The first-order valence-corrected chi connectivity index (χ1v) is 5.24. The minimum atomic E-state index is -0.471. The number of hydrogen-bond donors (Lipinski definition) is 1. The van der Waals surface area contributed by atoms with E-state index in [1.54, 1.807) is 11.2 Å². The van der Waals surface area contributed by atoms with Crippen molar-refractivity contribution in [2.24, 2.45) is 0 Å². The topological polar surface area (TPSA) is 53.7 Å². The Kier molecular flexibility index (Phi) is 3.06. The van der Waals surface area contributed by atoms with E-state index >= 15 is 0 Å². The van der Waals surface area contributed by atoms with Crippen LogP contribution in [-0.4, -0.2) is 35.1 Å². The second-order valence-electron chi connectivity index (χ2n) is 3.88. The van der Waals surface area contributed by atoms with Crippen LogP contribution in [0.4, 0.5) is 0 Å². The Morgan fingerprint density at radius 2 is 2.47 bits per heavy atom. The van der Waals surface area contributed by atoms with Gasteiger partial charge in [0.15, 0.2) is 0 Å². The molecule has 1 unspecified atom stereocenters. The van der Waals surface area contributed by atoms with Crippen molar-refractivity contribution in [2.45, 2.75) is 25.4 Å². The number of furan rings is 1. The largest absolute Gasteiger partial charge is 0.469 e. The van der Waals surface area contributed by atoms with Crippen LogP contribution in [-0.2, 0) is 11.2 Å². The van der Waals surface area contributed by atoms with Gasteiger partial charge in [-0.15, -0.1) is 0 Å². The molecule has 1 fully saturated rings. The van der Waals surface area contributed by atoms with Gasteiger partial charge >= 0.3 is 0 Å². The van der Waals surface area contributed by atoms with Crippen molar-refractivity contribution in [3.05, 3.63) is 24.2 Å². The highest BCUT2D eigenvalue weighted by Crippen LogP contribution is 2.12. The molecule has 4 nitrogen and oxygen atoms in total. The summed E-state index contributed by atoms with van der Waals surface area (Å²) in [4.78, 5) is 13.0. The summed E-state index contributed by atoms with van der Waals surface area (Å²) in [5.41, 5.74) is 0. The van der Waals surface area contributed by atoms with Gasteiger partial charge in [0.1, 0.15) is 5.76 Å². The zero-order chi connectivity index (χ0) is 10.7. The van der Waals surface area contributed by atoms with Gasteiger partial charge in [0.05, 0.1) is 18.8 Å². The molecule has 1 aromatic rings. The van der Waals surface area contributed by atoms with Crippen molar-refractivity contribution in [1.29, 1.82) is 0 Å². The van der Waals surface area contributed by atoms with Gasteiger partial charge in [0.25, 0.3) is 0 Å². The third kappa shape index (κ3) is 2.59. The first-order chi connectivity index (χ1) is 7.25. The maximum Gasteiger partial charge on any atom is 0.225 e. The Balaban J connectivity index is 1.72. The molecule has 0 aromatic carbocycles. The Labute approximate surface area is 88.5 Å². The summed E-state index contributed by atoms with van der Waals surface area (Å²) in [7, 11) is 0. The highest BCUT2D eigenvalue weighted by molar-refractivity contribution is 5.78. The van der Waals surface area contributed by atoms with Crippen LogP contribution in [0.1, 0.15) is 18.6 Å². The van der Waals surface area contributed by atoms with Crippen LogP contribution in [0.3, 0.4) is 0 Å². The van der Waals surface area contributed by atoms with Crippen LogP contribution in [0.25, 0.3) is 0 Å². The van der Waals surface area contributed by atoms with Gasteiger partial charge in [-0.1, -0.05) is 0 Å². The SMILES string of the molecule is O=C1CC(O)CN1CCCc1ccco1. The van der Waals surface area contributed by atoms with Crippen LogP contribution in [0, 0.1) is 0 Å². The van der Waals surface area contributed by atoms with Gasteiger partial charge in [-0.05, 0) is 18.6 Å². The Hall–Kier alpha value is -1.29. The minimum Gasteiger partial charge on any atom is -0.469 e. The summed E-state index contributed by atoms with van der Waals surface area (Å²) in [6.07, 6.45) is 3.18. The Morgan fingerprint density at radius 1 is 1.60 bits per heavy atom. The summed E-state index contributed by atoms with van der Waals surface area (Å²) in [6, 6.07) is 3.79. The van der Waals surface area contributed by atoms with E-state index in [2.05, 4.69) is 0 Å². The summed E-state index contributed by atoms with van der Waals surface area (Å²) in [5, 5.41) is 9.27. The van der Waals surface area contributed by atoms with Crippen molar-refractivity contribution >= 4 is 5.91 Å². The normalized spacial score (nSPS) is 21.3. The van der Waals surface area contributed by atoms with E-state index in [4.69, 9.17) is 4.42 Å². The maximum atomic E-state index is 11.3. The number of hydrogen-bond acceptors (Lipinski definition) is 3. The Bertz CT molecular complexity index is 321. The Morgan fingerprint density at radius 3 is 3.07 bits per heavy atom. The molecule has 1 N–H and O–H groups in total. The predicted molar refractivity (Wildman–Crippen MR) is 54.2 cm³/mol. The van der Waals surface area contributed by atoms with Crippen LogP contribution >= 0.6 is 0 Å². The summed E-state index contributed by atoms with van der Waals surface area (Å²) >= 11 is 0. The zero-order valence-corrected chi connectivity index (χ0v) is 8.56. The summed E-state index contributed by atoms with van der Waals surface area (Å²) < 4.78 is 5.19. The van der Waals surface area contributed by atoms with Crippen LogP contribution < -0.4 is 0 Å². The number of nitrogens with zero attached hydrogens (tertiary/aromatic N) is 1. The van der Waals surface area contributed by atoms with E-state index in [-0.39, 0.29) is 12.3 Å². The lowest BCUT2D eigenvalue weighted by atomic mass is 10.2. The second-order valence-corrected chi connectivity index (χ2v) is 3.88. The van der Waals surface area contributed by atoms with E-state index in [1.807, 2.05) is 12.1 Å². The predicted octanol–water partition coefficient (Wildman–Crippen LogP) is 0.805. The molecule has 0 bridgehead atoms. The van der Waals surface area contributed by atoms with Gasteiger partial charge in [-0.25, -0.2) is 0 Å². The molecule has 1 amide bonds. The molecule has 15 heavy (non-hydrogen) atoms. The van der Waals surface area contributed by atoms with Gasteiger partial charge in [0, 0.05) is 19.5 Å². The molecule has 2 rings (SSSR count). The smallest absolute Gasteiger partial charge is 0.225 e. The van der Waals surface area contributed by atoms with Crippen molar-refractivity contribution < 1.29 is 14.3 Å². The number of amides is 1. The molecule has 0 spiro atoms. The average molecular weight is 209 g/mol. The summed E-state index contributed by atoms with van der Waals surface area (Å²) in [5.74, 6) is 1.00. The number of likely N-dealkylation sites (tertiary alicyclic amines) is 1. The minimum absolute atomic E-state index is 0.0574. The number of aryl methyl sites for hydroxylation is 1. The molecule has 0 aliphatic carbocycles. The molecule has 0 saturated carbocycles. The zero-order valence-electron chi connectivity index (χ0n) is 8.56. The van der Waals surface area contributed by atoms with Crippen molar-refractivity contribution in [3.8, 4) is 0 Å². The van der Waals surface area contributed by atoms with Gasteiger partial charge in [-0.2, -0.15) is 0 Å². The fraction of sp³-hybridized carbons (Fsp3) is 0.545. The monoisotopic (exact) mass is 209 g/mol. The van der Waals surface area contributed by atoms with Crippen LogP contribution in [0.2, 0.25) is 0 Å². The molecule has 1 atom stereocenters. The molecule has 1 aliphatic rings. The molecule has 2 heterocycles. The van der Waals surface area contributed by atoms with Crippen LogP contribution in [0.5, 0.6) is 0 Å². The van der Waals surface area contributed by atoms with E-state index < -0.39 is 6.10 Å². The van der Waals surface area contributed by atoms with Crippen LogP contribution in [0.15, 0.2) is 22.8 Å². The molecule has 4 heteroatoms. The lowest BCUT2D eigenvalue weighted by Gasteiger charge is -2.14. The molecular formula is C11H15NO3. The highest BCUT2D eigenvalue weighted by atomic mass is 16.3. The third-order valence-electron chi connectivity index (χ3n) is 2.63. The lowest BCUT2D eigenvalue weighted by molar-refractivity contribution is -0.127. The van der Waals surface area contributed by atoms with E-state index in [9.17, 15) is 9.90 Å². The quantitative estimate of drug-likeness (QED) is 0.798. The standard InChI is InChI=1S/C11H15NO3/c13-9-7-11(14)12(8-9)5-1-3-10-4-2-6-15-10/h2,4,6,9,13H,1,3,5,7-8H2. The van der Waals surface area contributed by atoms with E-state index in [1.165, 1.54) is 0 Å². The van der Waals surface area contributed by atoms with Gasteiger partial charge < -0.3 is 14.4 Å². The number of aliphatic hydroxyl groups excluding tert-OH is 1. The highest BCUT2D eigenvalue weighted by Gasteiger charge is 2.27. The van der Waals surface area contributed by atoms with Crippen molar-refractivity contribution in [2.75, 3.05) is 13.1 Å². The molecule has 82 valence electrons. The number of β-amino-alcohol motifs (C(OH)–C–C–N with tert-alkyl or cyclic N) is 1. The number of carbonyl (C=O) groups excluding carboxylic acids is 1. The molecule has 1 aliphatic heterocycles. The van der Waals surface area contributed by atoms with E-state index in [0.29, 0.717) is 13.1 Å². The second kappa shape index (κ2) is 4.49. The fourth-order valence-corrected chi connectivity index (χ4v) is 1.87. The third-order valence-corrected chi connectivity index (χ3v) is 2.63. The lowest BCUT2D eigenvalue weighted by Crippen LogP contribution is -2.27. The summed E-state index contributed by atoms with van der Waals surface area (Å²) in [6.45, 7) is 1.19. The molecule has 0 radical (unpaired) electrons. The van der Waals surface area contributed by atoms with Gasteiger partial charge in [0.2, 0.25) is 5.91 Å². The molecule has 1 saturated heterocycles. The van der Waals surface area contributed by atoms with Gasteiger partial charge in [-0.3, -0.25) is 4.79 Å². The first-order valence-electron chi connectivity index (χ1n) is 5.24. The molecular weight excluding hydrogens is 194 g/mol. The average Bonchev–Trinajstić information content (AvgIpc) is 2.77. The van der Waals surface area contributed by atoms with Crippen molar-refractivity contribution in [1.82, 2.24) is 4.90 Å². The number of aliphatic hydroxyl groups is 1. The maximum absolute atomic E-state index is 11.3. The first kappa shape index (κ1) is 10.2. The van der Waals surface area contributed by atoms with E-state index in [0.717, 1.165) is 18.6 Å². The molecule has 1 aromatic heterocycles.